The van der Waals surface area contributed by atoms with Crippen LogP contribution in [0.15, 0.2) is 18.2 Å². The van der Waals surface area contributed by atoms with Gasteiger partial charge in [0.05, 0.1) is 6.54 Å². The number of anilines is 1. The van der Waals surface area contributed by atoms with Gasteiger partial charge in [0.25, 0.3) is 0 Å². The Kier molecular flexibility index (Phi) is 5.02. The van der Waals surface area contributed by atoms with Gasteiger partial charge in [-0.15, -0.1) is 0 Å². The lowest BCUT2D eigenvalue weighted by Crippen LogP contribution is -2.34. The number of halogens is 3. The maximum atomic E-state index is 12.4. The van der Waals surface area contributed by atoms with E-state index in [-0.39, 0.29) is 0 Å². The Labute approximate surface area is 106 Å². The Balaban J connectivity index is 2.73. The Morgan fingerprint density at radius 2 is 1.94 bits per heavy atom. The van der Waals surface area contributed by atoms with E-state index in [0.717, 1.165) is 11.1 Å². The quantitative estimate of drug-likeness (QED) is 0.823. The van der Waals surface area contributed by atoms with Gasteiger partial charge in [-0.25, -0.2) is 0 Å². The first-order valence-electron chi connectivity index (χ1n) is 5.96. The normalized spacial score (nSPS) is 12.1. The van der Waals surface area contributed by atoms with Crippen LogP contribution in [-0.4, -0.2) is 24.2 Å². The van der Waals surface area contributed by atoms with E-state index in [4.69, 9.17) is 5.73 Å². The molecule has 2 N–H and O–H groups in total. The number of hydrogen-bond acceptors (Lipinski definition) is 2. The van der Waals surface area contributed by atoms with Crippen molar-refractivity contribution in [2.45, 2.75) is 33.0 Å². The summed E-state index contributed by atoms with van der Waals surface area (Å²) >= 11 is 0. The van der Waals surface area contributed by atoms with Gasteiger partial charge in [-0.3, -0.25) is 4.90 Å². The fourth-order valence-corrected chi connectivity index (χ4v) is 1.88. The zero-order valence-corrected chi connectivity index (χ0v) is 10.7. The average molecular weight is 260 g/mol. The molecule has 0 aliphatic rings. The lowest BCUT2D eigenvalue weighted by atomic mass is 10.1. The van der Waals surface area contributed by atoms with Crippen LogP contribution in [0.2, 0.25) is 0 Å². The standard InChI is InChI=1S/C13H19F3N2/c1-3-6-18(9-13(14,15)16)8-11-4-5-12(17)10(2)7-11/h4-5,7H,3,6,8-9,17H2,1-2H3. The second kappa shape index (κ2) is 6.09. The predicted octanol–water partition coefficient (Wildman–Crippen LogP) is 3.35. The molecular formula is C13H19F3N2. The van der Waals surface area contributed by atoms with Crippen molar-refractivity contribution in [2.75, 3.05) is 18.8 Å². The van der Waals surface area contributed by atoms with Crippen molar-refractivity contribution in [1.82, 2.24) is 4.90 Å². The molecule has 2 nitrogen and oxygen atoms in total. The van der Waals surface area contributed by atoms with Crippen molar-refractivity contribution in [2.24, 2.45) is 0 Å². The lowest BCUT2D eigenvalue weighted by molar-refractivity contribution is -0.147. The Morgan fingerprint density at radius 3 is 2.44 bits per heavy atom. The largest absolute Gasteiger partial charge is 0.401 e. The van der Waals surface area contributed by atoms with Gasteiger partial charge in [0.2, 0.25) is 0 Å². The minimum absolute atomic E-state index is 0.300. The number of alkyl halides is 3. The van der Waals surface area contributed by atoms with E-state index in [1.54, 1.807) is 12.1 Å². The van der Waals surface area contributed by atoms with Gasteiger partial charge in [-0.1, -0.05) is 19.1 Å². The van der Waals surface area contributed by atoms with Crippen molar-refractivity contribution in [3.63, 3.8) is 0 Å². The molecule has 0 aliphatic heterocycles. The van der Waals surface area contributed by atoms with Crippen LogP contribution >= 0.6 is 0 Å². The zero-order chi connectivity index (χ0) is 13.8. The monoisotopic (exact) mass is 260 g/mol. The van der Waals surface area contributed by atoms with Crippen LogP contribution in [-0.2, 0) is 6.54 Å². The highest BCUT2D eigenvalue weighted by Crippen LogP contribution is 2.19. The molecular weight excluding hydrogens is 241 g/mol. The SMILES string of the molecule is CCCN(Cc1ccc(N)c(C)c1)CC(F)(F)F. The molecule has 0 aliphatic carbocycles. The van der Waals surface area contributed by atoms with Crippen molar-refractivity contribution >= 4 is 5.69 Å². The Bertz CT molecular complexity index is 388. The molecule has 1 aromatic rings. The summed E-state index contributed by atoms with van der Waals surface area (Å²) in [5, 5.41) is 0. The van der Waals surface area contributed by atoms with Crippen molar-refractivity contribution in [1.29, 1.82) is 0 Å². The molecule has 0 atom stereocenters. The Hall–Kier alpha value is -1.23. The maximum absolute atomic E-state index is 12.4. The molecule has 1 rings (SSSR count). The van der Waals surface area contributed by atoms with Gasteiger partial charge in [0.1, 0.15) is 0 Å². The number of nitrogen functional groups attached to an aromatic ring is 1. The third-order valence-corrected chi connectivity index (χ3v) is 2.68. The van der Waals surface area contributed by atoms with Crippen molar-refractivity contribution in [3.05, 3.63) is 29.3 Å². The lowest BCUT2D eigenvalue weighted by Gasteiger charge is -2.23. The van der Waals surface area contributed by atoms with Gasteiger partial charge >= 0.3 is 6.18 Å². The molecule has 0 unspecified atom stereocenters. The molecule has 0 heterocycles. The van der Waals surface area contributed by atoms with E-state index in [2.05, 4.69) is 0 Å². The summed E-state index contributed by atoms with van der Waals surface area (Å²) < 4.78 is 37.2. The molecule has 0 saturated carbocycles. The topological polar surface area (TPSA) is 29.3 Å². The second-order valence-corrected chi connectivity index (χ2v) is 4.52. The summed E-state index contributed by atoms with van der Waals surface area (Å²) in [6, 6.07) is 5.36. The third kappa shape index (κ3) is 4.96. The van der Waals surface area contributed by atoms with Gasteiger partial charge in [-0.2, -0.15) is 13.2 Å². The molecule has 0 radical (unpaired) electrons. The van der Waals surface area contributed by atoms with Crippen LogP contribution in [0, 0.1) is 6.92 Å². The predicted molar refractivity (Wildman–Crippen MR) is 67.2 cm³/mol. The first-order chi connectivity index (χ1) is 8.31. The van der Waals surface area contributed by atoms with E-state index in [0.29, 0.717) is 25.2 Å². The van der Waals surface area contributed by atoms with Crippen molar-refractivity contribution < 1.29 is 13.2 Å². The first-order valence-corrected chi connectivity index (χ1v) is 5.96. The number of nitrogens with zero attached hydrogens (tertiary/aromatic N) is 1. The highest BCUT2D eigenvalue weighted by Gasteiger charge is 2.30. The van der Waals surface area contributed by atoms with Crippen LogP contribution in [0.25, 0.3) is 0 Å². The summed E-state index contributed by atoms with van der Waals surface area (Å²) in [5.74, 6) is 0. The molecule has 0 aromatic heterocycles. The summed E-state index contributed by atoms with van der Waals surface area (Å²) in [4.78, 5) is 1.41. The summed E-state index contributed by atoms with van der Waals surface area (Å²) in [5.41, 5.74) is 8.11. The smallest absolute Gasteiger partial charge is 0.399 e. The molecule has 0 bridgehead atoms. The molecule has 5 heteroatoms. The number of nitrogens with two attached hydrogens (primary N) is 1. The number of benzene rings is 1. The second-order valence-electron chi connectivity index (χ2n) is 4.52. The van der Waals surface area contributed by atoms with E-state index < -0.39 is 12.7 Å². The van der Waals surface area contributed by atoms with Crippen LogP contribution in [0.4, 0.5) is 18.9 Å². The van der Waals surface area contributed by atoms with Gasteiger partial charge in [0.15, 0.2) is 0 Å². The summed E-state index contributed by atoms with van der Waals surface area (Å²) in [6.07, 6.45) is -3.46. The van der Waals surface area contributed by atoms with Gasteiger partial charge in [0, 0.05) is 12.2 Å². The highest BCUT2D eigenvalue weighted by molar-refractivity contribution is 5.47. The summed E-state index contributed by atoms with van der Waals surface area (Å²) in [6.45, 7) is 3.59. The van der Waals surface area contributed by atoms with E-state index in [1.165, 1.54) is 4.90 Å². The minimum atomic E-state index is -4.15. The average Bonchev–Trinajstić information content (AvgIpc) is 2.21. The van der Waals surface area contributed by atoms with Crippen LogP contribution < -0.4 is 5.73 Å². The van der Waals surface area contributed by atoms with Gasteiger partial charge in [-0.05, 0) is 37.1 Å². The molecule has 0 spiro atoms. The van der Waals surface area contributed by atoms with Crippen LogP contribution in [0.1, 0.15) is 24.5 Å². The fourth-order valence-electron chi connectivity index (χ4n) is 1.88. The number of aryl methyl sites for hydroxylation is 1. The first kappa shape index (κ1) is 14.8. The molecule has 0 saturated heterocycles. The van der Waals surface area contributed by atoms with E-state index >= 15 is 0 Å². The Morgan fingerprint density at radius 1 is 1.28 bits per heavy atom. The third-order valence-electron chi connectivity index (χ3n) is 2.68. The van der Waals surface area contributed by atoms with Gasteiger partial charge < -0.3 is 5.73 Å². The summed E-state index contributed by atoms with van der Waals surface area (Å²) in [7, 11) is 0. The molecule has 18 heavy (non-hydrogen) atoms. The fraction of sp³-hybridized carbons (Fsp3) is 0.538. The maximum Gasteiger partial charge on any atom is 0.401 e. The highest BCUT2D eigenvalue weighted by atomic mass is 19.4. The molecule has 0 fully saturated rings. The minimum Gasteiger partial charge on any atom is -0.399 e. The molecule has 102 valence electrons. The molecule has 0 amide bonds. The zero-order valence-electron chi connectivity index (χ0n) is 10.7. The van der Waals surface area contributed by atoms with Crippen LogP contribution in [0.5, 0.6) is 0 Å². The number of rotatable bonds is 5. The number of hydrogen-bond donors (Lipinski definition) is 1. The van der Waals surface area contributed by atoms with E-state index in [9.17, 15) is 13.2 Å². The van der Waals surface area contributed by atoms with Crippen molar-refractivity contribution in [3.8, 4) is 0 Å². The molecule has 1 aromatic carbocycles. The van der Waals surface area contributed by atoms with Crippen LogP contribution in [0.3, 0.4) is 0 Å². The van der Waals surface area contributed by atoms with E-state index in [1.807, 2.05) is 19.9 Å².